The second-order valence-corrected chi connectivity index (χ2v) is 7.27. The average Bonchev–Trinajstić information content (AvgIpc) is 2.61. The highest BCUT2D eigenvalue weighted by Gasteiger charge is 2.10. The maximum absolute atomic E-state index is 12.1. The van der Waals surface area contributed by atoms with E-state index in [1.807, 2.05) is 24.3 Å². The minimum absolute atomic E-state index is 0. The molecule has 3 aromatic rings. The number of carbonyl (C=O) groups is 1. The maximum atomic E-state index is 12.1. The molecule has 0 spiro atoms. The topological polar surface area (TPSA) is 56.5 Å². The first kappa shape index (κ1) is 21.4. The molecule has 0 radical (unpaired) electrons. The third-order valence-electron chi connectivity index (χ3n) is 4.18. The summed E-state index contributed by atoms with van der Waals surface area (Å²) in [6.07, 6.45) is 3.07. The monoisotopic (exact) mass is 399 g/mol. The highest BCUT2D eigenvalue weighted by Crippen LogP contribution is 2.21. The average molecular weight is 400 g/mol. The fourth-order valence-electron chi connectivity index (χ4n) is 2.61. The van der Waals surface area contributed by atoms with Gasteiger partial charge in [0.15, 0.2) is 0 Å². The Morgan fingerprint density at radius 3 is 2.36 bits per heavy atom. The van der Waals surface area contributed by atoms with Crippen LogP contribution in [0, 0.1) is 6.92 Å². The molecule has 0 amide bonds. The zero-order valence-electron chi connectivity index (χ0n) is 16.2. The first-order valence-corrected chi connectivity index (χ1v) is 8.59. The molecule has 28 heavy (non-hydrogen) atoms. The van der Waals surface area contributed by atoms with Crippen molar-refractivity contribution in [2.75, 3.05) is 21.1 Å². The minimum Gasteiger partial charge on any atom is -1.00 e. The van der Waals surface area contributed by atoms with Gasteiger partial charge in [0.1, 0.15) is 17.0 Å². The van der Waals surface area contributed by atoms with Crippen LogP contribution >= 0.6 is 0 Å². The summed E-state index contributed by atoms with van der Waals surface area (Å²) in [4.78, 5) is 23.7. The molecule has 0 aliphatic rings. The number of fused-ring (bicyclic) bond motifs is 1. The Morgan fingerprint density at radius 2 is 1.71 bits per heavy atom. The van der Waals surface area contributed by atoms with Crippen LogP contribution in [0.15, 0.2) is 63.8 Å². The van der Waals surface area contributed by atoms with Gasteiger partial charge >= 0.3 is 11.6 Å². The highest BCUT2D eigenvalue weighted by molar-refractivity contribution is 5.89. The summed E-state index contributed by atoms with van der Waals surface area (Å²) >= 11 is 0. The highest BCUT2D eigenvalue weighted by atomic mass is 35.5. The Kier molecular flexibility index (Phi) is 6.44. The SMILES string of the molecule is Cc1cc2ccc(OC(=O)C=Cc3ccc([N+](C)(C)C)cc3)cc2oc1=O.[Cl-]. The molecule has 6 heteroatoms. The molecule has 2 aromatic carbocycles. The molecule has 146 valence electrons. The summed E-state index contributed by atoms with van der Waals surface area (Å²) in [6, 6.07) is 14.7. The largest absolute Gasteiger partial charge is 1.00 e. The molecule has 1 heterocycles. The van der Waals surface area contributed by atoms with Gasteiger partial charge in [0.05, 0.1) is 21.1 Å². The van der Waals surface area contributed by atoms with E-state index >= 15 is 0 Å². The fourth-order valence-corrected chi connectivity index (χ4v) is 2.61. The van der Waals surface area contributed by atoms with E-state index < -0.39 is 11.6 Å². The Labute approximate surface area is 169 Å². The molecule has 0 fully saturated rings. The molecule has 5 nitrogen and oxygen atoms in total. The van der Waals surface area contributed by atoms with E-state index in [1.54, 1.807) is 31.2 Å². The van der Waals surface area contributed by atoms with Gasteiger partial charge in [-0.1, -0.05) is 0 Å². The molecular formula is C22H22ClNO4. The van der Waals surface area contributed by atoms with E-state index in [-0.39, 0.29) is 12.4 Å². The van der Waals surface area contributed by atoms with E-state index in [2.05, 4.69) is 21.1 Å². The predicted octanol–water partition coefficient (Wildman–Crippen LogP) is 0.921. The molecule has 0 bridgehead atoms. The van der Waals surface area contributed by atoms with Gasteiger partial charge in [-0.15, -0.1) is 0 Å². The Morgan fingerprint density at radius 1 is 1.04 bits per heavy atom. The quantitative estimate of drug-likeness (QED) is 0.215. The van der Waals surface area contributed by atoms with Crippen LogP contribution in [0.3, 0.4) is 0 Å². The van der Waals surface area contributed by atoms with Gasteiger partial charge in [0.25, 0.3) is 0 Å². The lowest BCUT2D eigenvalue weighted by Crippen LogP contribution is -3.00. The van der Waals surface area contributed by atoms with Crippen molar-refractivity contribution >= 4 is 28.7 Å². The van der Waals surface area contributed by atoms with Gasteiger partial charge < -0.3 is 21.6 Å². The summed E-state index contributed by atoms with van der Waals surface area (Å²) in [6.45, 7) is 1.69. The number of ether oxygens (including phenoxy) is 1. The van der Waals surface area contributed by atoms with E-state index in [4.69, 9.17) is 9.15 Å². The zero-order valence-corrected chi connectivity index (χ0v) is 17.0. The molecule has 0 aliphatic heterocycles. The lowest BCUT2D eigenvalue weighted by molar-refractivity contribution is -0.128. The lowest BCUT2D eigenvalue weighted by Gasteiger charge is -2.23. The number of hydrogen-bond donors (Lipinski definition) is 0. The van der Waals surface area contributed by atoms with Crippen LogP contribution in [0.5, 0.6) is 5.75 Å². The Hall–Kier alpha value is -2.89. The van der Waals surface area contributed by atoms with E-state index in [0.29, 0.717) is 16.9 Å². The van der Waals surface area contributed by atoms with Gasteiger partial charge in [-0.05, 0) is 61.0 Å². The van der Waals surface area contributed by atoms with Crippen LogP contribution in [0.4, 0.5) is 5.69 Å². The third kappa shape index (κ3) is 5.09. The molecule has 3 rings (SSSR count). The molecule has 1 aromatic heterocycles. The predicted molar refractivity (Wildman–Crippen MR) is 108 cm³/mol. The van der Waals surface area contributed by atoms with Crippen molar-refractivity contribution in [3.8, 4) is 5.75 Å². The van der Waals surface area contributed by atoms with Crippen molar-refractivity contribution in [1.82, 2.24) is 4.48 Å². The number of esters is 1. The van der Waals surface area contributed by atoms with Gasteiger partial charge in [-0.25, -0.2) is 9.59 Å². The summed E-state index contributed by atoms with van der Waals surface area (Å²) in [5, 5.41) is 0.778. The fraction of sp³-hybridized carbons (Fsp3) is 0.182. The smallest absolute Gasteiger partial charge is 0.339 e. The lowest BCUT2D eigenvalue weighted by atomic mass is 10.1. The molecule has 0 atom stereocenters. The van der Waals surface area contributed by atoms with Crippen LogP contribution in [0.1, 0.15) is 11.1 Å². The van der Waals surface area contributed by atoms with Crippen molar-refractivity contribution < 1.29 is 26.4 Å². The van der Waals surface area contributed by atoms with Gasteiger partial charge in [-0.2, -0.15) is 0 Å². The summed E-state index contributed by atoms with van der Waals surface area (Å²) in [5.74, 6) is -0.177. The van der Waals surface area contributed by atoms with Crippen LogP contribution in [0.25, 0.3) is 17.0 Å². The van der Waals surface area contributed by atoms with Crippen LogP contribution in [-0.2, 0) is 4.79 Å². The summed E-state index contributed by atoms with van der Waals surface area (Å²) in [5.41, 5.74) is 2.59. The second kappa shape index (κ2) is 8.42. The maximum Gasteiger partial charge on any atom is 0.339 e. The molecule has 0 unspecified atom stereocenters. The standard InChI is InChI=1S/C22H22NO4.ClH/c1-15-13-17-8-11-19(14-20(17)27-22(15)25)26-21(24)12-7-16-5-9-18(10-6-16)23(2,3)4;/h5-14H,1-4H3;1H/q+1;/p-1. The van der Waals surface area contributed by atoms with Crippen LogP contribution < -0.4 is 27.3 Å². The molecule has 0 saturated heterocycles. The van der Waals surface area contributed by atoms with Crippen molar-refractivity contribution in [3.63, 3.8) is 0 Å². The van der Waals surface area contributed by atoms with Gasteiger partial charge in [0, 0.05) is 23.1 Å². The van der Waals surface area contributed by atoms with Gasteiger partial charge in [-0.3, -0.25) is 4.48 Å². The van der Waals surface area contributed by atoms with Crippen molar-refractivity contribution in [1.29, 1.82) is 0 Å². The number of quaternary nitrogens is 1. The third-order valence-corrected chi connectivity index (χ3v) is 4.18. The van der Waals surface area contributed by atoms with E-state index in [0.717, 1.165) is 15.4 Å². The number of carbonyl (C=O) groups excluding carboxylic acids is 1. The number of benzene rings is 2. The van der Waals surface area contributed by atoms with Crippen molar-refractivity contribution in [3.05, 3.63) is 76.2 Å². The van der Waals surface area contributed by atoms with Gasteiger partial charge in [0.2, 0.25) is 0 Å². The first-order valence-electron chi connectivity index (χ1n) is 8.59. The van der Waals surface area contributed by atoms with E-state index in [1.165, 1.54) is 17.8 Å². The minimum atomic E-state index is -0.500. The first-order chi connectivity index (χ1) is 12.7. The molecule has 0 aliphatic carbocycles. The Bertz CT molecular complexity index is 1080. The van der Waals surface area contributed by atoms with Crippen LogP contribution in [0.2, 0.25) is 0 Å². The number of halogens is 1. The van der Waals surface area contributed by atoms with Crippen molar-refractivity contribution in [2.24, 2.45) is 0 Å². The van der Waals surface area contributed by atoms with Crippen LogP contribution in [-0.4, -0.2) is 27.1 Å². The zero-order chi connectivity index (χ0) is 19.6. The molecule has 0 N–H and O–H groups in total. The molecule has 0 saturated carbocycles. The summed E-state index contributed by atoms with van der Waals surface area (Å²) < 4.78 is 11.2. The van der Waals surface area contributed by atoms with E-state index in [9.17, 15) is 9.59 Å². The number of rotatable bonds is 4. The number of aryl methyl sites for hydroxylation is 1. The summed E-state index contributed by atoms with van der Waals surface area (Å²) in [7, 11) is 6.28. The normalized spacial score (nSPS) is 11.4. The van der Waals surface area contributed by atoms with Crippen molar-refractivity contribution in [2.45, 2.75) is 6.92 Å². The Balaban J connectivity index is 0.00000280. The number of nitrogens with zero attached hydrogens (tertiary/aromatic N) is 1. The number of hydrogen-bond acceptors (Lipinski definition) is 4. The molecular weight excluding hydrogens is 378 g/mol. The second-order valence-electron chi connectivity index (χ2n) is 7.27.